The van der Waals surface area contributed by atoms with Crippen LogP contribution in [-0.4, -0.2) is 50.6 Å². The van der Waals surface area contributed by atoms with E-state index in [4.69, 9.17) is 4.74 Å². The first kappa shape index (κ1) is 25.0. The van der Waals surface area contributed by atoms with Gasteiger partial charge < -0.3 is 20.3 Å². The van der Waals surface area contributed by atoms with Crippen LogP contribution in [0.5, 0.6) is 5.75 Å². The Bertz CT molecular complexity index is 832. The van der Waals surface area contributed by atoms with Gasteiger partial charge in [-0.1, -0.05) is 24.3 Å². The highest BCUT2D eigenvalue weighted by atomic mass is 127. The predicted molar refractivity (Wildman–Crippen MR) is 137 cm³/mol. The van der Waals surface area contributed by atoms with Crippen molar-refractivity contribution in [2.45, 2.75) is 32.2 Å². The van der Waals surface area contributed by atoms with E-state index >= 15 is 0 Å². The number of carbonyl (C=O) groups is 1. The quantitative estimate of drug-likeness (QED) is 0.321. The molecule has 1 aliphatic heterocycles. The first-order chi connectivity index (χ1) is 14.7. The molecule has 6 nitrogen and oxygen atoms in total. The number of methoxy groups -OCH3 is 1. The van der Waals surface area contributed by atoms with Crippen LogP contribution in [0.25, 0.3) is 0 Å². The smallest absolute Gasteiger partial charge is 0.253 e. The summed E-state index contributed by atoms with van der Waals surface area (Å²) in [5.74, 6) is 1.77. The number of ether oxygens (including phenoxy) is 1. The normalized spacial score (nSPS) is 13.9. The van der Waals surface area contributed by atoms with E-state index in [1.165, 1.54) is 12.0 Å². The van der Waals surface area contributed by atoms with Crippen molar-refractivity contribution < 1.29 is 9.53 Å². The Morgan fingerprint density at radius 3 is 2.23 bits per heavy atom. The molecule has 2 aromatic rings. The number of piperidine rings is 1. The van der Waals surface area contributed by atoms with Gasteiger partial charge in [-0.3, -0.25) is 9.79 Å². The van der Waals surface area contributed by atoms with Crippen LogP contribution in [0.15, 0.2) is 53.5 Å². The van der Waals surface area contributed by atoms with E-state index in [-0.39, 0.29) is 29.9 Å². The van der Waals surface area contributed by atoms with Crippen LogP contribution in [0.3, 0.4) is 0 Å². The molecule has 0 bridgehead atoms. The van der Waals surface area contributed by atoms with Crippen LogP contribution in [-0.2, 0) is 13.0 Å². The van der Waals surface area contributed by atoms with Gasteiger partial charge >= 0.3 is 0 Å². The number of benzene rings is 2. The zero-order valence-corrected chi connectivity index (χ0v) is 20.7. The number of halogens is 1. The number of hydrogen-bond donors (Lipinski definition) is 2. The van der Waals surface area contributed by atoms with Gasteiger partial charge in [0.1, 0.15) is 5.75 Å². The second-order valence-electron chi connectivity index (χ2n) is 7.50. The molecule has 1 fully saturated rings. The third-order valence-corrected chi connectivity index (χ3v) is 5.39. The Morgan fingerprint density at radius 2 is 1.61 bits per heavy atom. The summed E-state index contributed by atoms with van der Waals surface area (Å²) in [6, 6.07) is 16.0. The molecule has 1 heterocycles. The molecule has 2 N–H and O–H groups in total. The van der Waals surface area contributed by atoms with E-state index in [0.717, 1.165) is 61.7 Å². The molecule has 1 saturated heterocycles. The average Bonchev–Trinajstić information content (AvgIpc) is 2.82. The van der Waals surface area contributed by atoms with Crippen LogP contribution >= 0.6 is 24.0 Å². The number of nitrogens with zero attached hydrogens (tertiary/aromatic N) is 2. The maximum absolute atomic E-state index is 12.6. The summed E-state index contributed by atoms with van der Waals surface area (Å²) in [6.07, 6.45) is 4.35. The fourth-order valence-corrected chi connectivity index (χ4v) is 3.57. The Hall–Kier alpha value is -2.29. The van der Waals surface area contributed by atoms with Gasteiger partial charge in [-0.2, -0.15) is 0 Å². The Labute approximate surface area is 202 Å². The molecule has 0 spiro atoms. The molecule has 0 aliphatic carbocycles. The van der Waals surface area contributed by atoms with Crippen molar-refractivity contribution in [1.82, 2.24) is 15.5 Å². The van der Waals surface area contributed by atoms with Gasteiger partial charge in [0.25, 0.3) is 5.91 Å². The van der Waals surface area contributed by atoms with Crippen molar-refractivity contribution in [3.63, 3.8) is 0 Å². The van der Waals surface area contributed by atoms with Crippen molar-refractivity contribution in [3.05, 3.63) is 65.2 Å². The van der Waals surface area contributed by atoms with Crippen LogP contribution in [0.1, 0.15) is 40.7 Å². The lowest BCUT2D eigenvalue weighted by Crippen LogP contribution is -2.38. The van der Waals surface area contributed by atoms with E-state index < -0.39 is 0 Å². The number of likely N-dealkylation sites (tertiary alicyclic amines) is 1. The van der Waals surface area contributed by atoms with Gasteiger partial charge in [0.2, 0.25) is 0 Å². The average molecular weight is 536 g/mol. The number of rotatable bonds is 7. The van der Waals surface area contributed by atoms with E-state index in [2.05, 4.69) is 27.8 Å². The summed E-state index contributed by atoms with van der Waals surface area (Å²) < 4.78 is 5.19. The number of guanidine groups is 1. The second kappa shape index (κ2) is 13.2. The molecule has 0 atom stereocenters. The largest absolute Gasteiger partial charge is 0.497 e. The Morgan fingerprint density at radius 1 is 0.968 bits per heavy atom. The molecule has 0 radical (unpaired) electrons. The molecule has 1 aliphatic rings. The minimum Gasteiger partial charge on any atom is -0.497 e. The zero-order chi connectivity index (χ0) is 21.2. The topological polar surface area (TPSA) is 66.0 Å². The van der Waals surface area contributed by atoms with Gasteiger partial charge in [-0.15, -0.1) is 24.0 Å². The highest BCUT2D eigenvalue weighted by molar-refractivity contribution is 14.0. The molecule has 0 aromatic heterocycles. The summed E-state index contributed by atoms with van der Waals surface area (Å²) in [5, 5.41) is 6.66. The molecule has 7 heteroatoms. The fraction of sp³-hybridized carbons (Fsp3) is 0.417. The minimum absolute atomic E-state index is 0. The van der Waals surface area contributed by atoms with Gasteiger partial charge in [-0.25, -0.2) is 0 Å². The van der Waals surface area contributed by atoms with Crippen molar-refractivity contribution in [1.29, 1.82) is 0 Å². The molecule has 31 heavy (non-hydrogen) atoms. The van der Waals surface area contributed by atoms with Crippen LogP contribution in [0.2, 0.25) is 0 Å². The molecule has 0 saturated carbocycles. The van der Waals surface area contributed by atoms with Gasteiger partial charge in [-0.05, 0) is 61.1 Å². The van der Waals surface area contributed by atoms with Crippen LogP contribution in [0.4, 0.5) is 0 Å². The van der Waals surface area contributed by atoms with Crippen molar-refractivity contribution >= 4 is 35.8 Å². The molecule has 1 amide bonds. The van der Waals surface area contributed by atoms with Crippen molar-refractivity contribution in [2.75, 3.05) is 33.8 Å². The summed E-state index contributed by atoms with van der Waals surface area (Å²) in [6.45, 7) is 3.19. The van der Waals surface area contributed by atoms with Gasteiger partial charge in [0.05, 0.1) is 7.11 Å². The predicted octanol–water partition coefficient (Wildman–Crippen LogP) is 3.85. The highest BCUT2D eigenvalue weighted by Gasteiger charge is 2.17. The van der Waals surface area contributed by atoms with E-state index in [9.17, 15) is 4.79 Å². The van der Waals surface area contributed by atoms with E-state index in [1.54, 1.807) is 14.2 Å². The maximum atomic E-state index is 12.6. The van der Waals surface area contributed by atoms with Gasteiger partial charge in [0, 0.05) is 38.8 Å². The first-order valence-electron chi connectivity index (χ1n) is 10.7. The van der Waals surface area contributed by atoms with Crippen molar-refractivity contribution in [3.8, 4) is 5.75 Å². The lowest BCUT2D eigenvalue weighted by molar-refractivity contribution is 0.0724. The van der Waals surface area contributed by atoms with Crippen LogP contribution < -0.4 is 15.4 Å². The molecular weight excluding hydrogens is 503 g/mol. The van der Waals surface area contributed by atoms with E-state index in [1.807, 2.05) is 41.3 Å². The summed E-state index contributed by atoms with van der Waals surface area (Å²) >= 11 is 0. The molecule has 3 rings (SSSR count). The minimum atomic E-state index is 0. The number of nitrogens with one attached hydrogen (secondary N) is 2. The Balaban J connectivity index is 0.00000341. The number of carbonyl (C=O) groups excluding carboxylic acids is 1. The highest BCUT2D eigenvalue weighted by Crippen LogP contribution is 2.14. The molecule has 168 valence electrons. The maximum Gasteiger partial charge on any atom is 0.253 e. The third kappa shape index (κ3) is 7.72. The van der Waals surface area contributed by atoms with Gasteiger partial charge in [0.15, 0.2) is 5.96 Å². The first-order valence-corrected chi connectivity index (χ1v) is 10.7. The Kier molecular flexibility index (Phi) is 10.6. The number of aliphatic imine (C=N–C) groups is 1. The number of amides is 1. The van der Waals surface area contributed by atoms with E-state index in [0.29, 0.717) is 6.54 Å². The second-order valence-corrected chi connectivity index (χ2v) is 7.50. The van der Waals surface area contributed by atoms with Crippen LogP contribution in [0, 0.1) is 0 Å². The monoisotopic (exact) mass is 536 g/mol. The lowest BCUT2D eigenvalue weighted by Gasteiger charge is -2.26. The van der Waals surface area contributed by atoms with Crippen molar-refractivity contribution in [2.24, 2.45) is 4.99 Å². The fourth-order valence-electron chi connectivity index (χ4n) is 3.57. The SMILES string of the molecule is CN=C(NCCc1ccc(OC)cc1)NCc1ccc(C(=O)N2CCCCC2)cc1.I. The zero-order valence-electron chi connectivity index (χ0n) is 18.4. The standard InChI is InChI=1S/C24H32N4O2.HI/c1-25-24(26-15-14-19-8-12-22(30-2)13-9-19)27-18-20-6-10-21(11-7-20)23(29)28-16-4-3-5-17-28;/h6-13H,3-5,14-18H2,1-2H3,(H2,25,26,27);1H. The summed E-state index contributed by atoms with van der Waals surface area (Å²) in [5.41, 5.74) is 3.12. The third-order valence-electron chi connectivity index (χ3n) is 5.39. The lowest BCUT2D eigenvalue weighted by atomic mass is 10.1. The molecule has 0 unspecified atom stereocenters. The summed E-state index contributed by atoms with van der Waals surface area (Å²) in [4.78, 5) is 18.8. The molecular formula is C24H33IN4O2. The molecule has 2 aromatic carbocycles. The summed E-state index contributed by atoms with van der Waals surface area (Å²) in [7, 11) is 3.44. The number of hydrogen-bond acceptors (Lipinski definition) is 3.